The minimum absolute atomic E-state index is 0.197. The van der Waals surface area contributed by atoms with Crippen LogP contribution in [0.15, 0.2) is 41.3 Å². The highest BCUT2D eigenvalue weighted by Crippen LogP contribution is 2.31. The Bertz CT molecular complexity index is 1040. The summed E-state index contributed by atoms with van der Waals surface area (Å²) in [4.78, 5) is 12.8. The fraction of sp³-hybridized carbons (Fsp3) is 0.458. The monoisotopic (exact) mass is 460 g/mol. The number of aryl methyl sites for hydroxylation is 2. The van der Waals surface area contributed by atoms with Gasteiger partial charge in [-0.05, 0) is 55.5 Å². The van der Waals surface area contributed by atoms with Crippen molar-refractivity contribution >= 4 is 21.6 Å². The second kappa shape index (κ2) is 10.8. The van der Waals surface area contributed by atoms with Gasteiger partial charge < -0.3 is 14.8 Å². The van der Waals surface area contributed by atoms with Crippen molar-refractivity contribution in [1.29, 1.82) is 0 Å². The highest BCUT2D eigenvalue weighted by atomic mass is 32.2. The number of hydrogen-bond acceptors (Lipinski definition) is 5. The van der Waals surface area contributed by atoms with Gasteiger partial charge in [-0.2, -0.15) is 4.31 Å². The zero-order chi connectivity index (χ0) is 23.1. The summed E-state index contributed by atoms with van der Waals surface area (Å²) >= 11 is 0. The number of carbonyl (C=O) groups is 1. The number of methoxy groups -OCH3 is 2. The number of para-hydroxylation sites is 1. The Balaban J connectivity index is 1.71. The fourth-order valence-electron chi connectivity index (χ4n) is 4.00. The average Bonchev–Trinajstić information content (AvgIpc) is 3.08. The Morgan fingerprint density at radius 2 is 1.75 bits per heavy atom. The lowest BCUT2D eigenvalue weighted by Gasteiger charge is -2.21. The molecule has 1 N–H and O–H groups in total. The smallest absolute Gasteiger partial charge is 0.243 e. The molecule has 0 unspecified atom stereocenters. The standard InChI is InChI=1S/C24H32N2O5S/c1-18-11-13-20(17-22(18)32(28,29)26-15-6-4-5-7-16-26)25-23(27)14-12-19-9-8-10-21(30-2)24(19)31-3/h8-11,13,17H,4-7,12,14-16H2,1-3H3,(H,25,27). The molecule has 1 fully saturated rings. The Morgan fingerprint density at radius 1 is 1.03 bits per heavy atom. The summed E-state index contributed by atoms with van der Waals surface area (Å²) in [6, 6.07) is 10.6. The van der Waals surface area contributed by atoms with Gasteiger partial charge in [0.2, 0.25) is 15.9 Å². The van der Waals surface area contributed by atoms with E-state index < -0.39 is 10.0 Å². The van der Waals surface area contributed by atoms with Crippen molar-refractivity contribution < 1.29 is 22.7 Å². The van der Waals surface area contributed by atoms with E-state index in [1.54, 1.807) is 49.7 Å². The van der Waals surface area contributed by atoms with Gasteiger partial charge in [-0.15, -0.1) is 0 Å². The normalized spacial score (nSPS) is 15.1. The summed E-state index contributed by atoms with van der Waals surface area (Å²) in [5.74, 6) is 1.04. The number of rotatable bonds is 8. The van der Waals surface area contributed by atoms with Crippen molar-refractivity contribution in [2.24, 2.45) is 0 Å². The van der Waals surface area contributed by atoms with Crippen LogP contribution >= 0.6 is 0 Å². The van der Waals surface area contributed by atoms with Crippen molar-refractivity contribution in [3.05, 3.63) is 47.5 Å². The molecule has 2 aromatic rings. The first-order valence-corrected chi connectivity index (χ1v) is 12.4. The van der Waals surface area contributed by atoms with Crippen molar-refractivity contribution in [2.75, 3.05) is 32.6 Å². The van der Waals surface area contributed by atoms with Gasteiger partial charge in [0.05, 0.1) is 19.1 Å². The first kappa shape index (κ1) is 24.1. The van der Waals surface area contributed by atoms with Gasteiger partial charge in [-0.3, -0.25) is 4.79 Å². The van der Waals surface area contributed by atoms with Gasteiger partial charge in [0, 0.05) is 25.2 Å². The van der Waals surface area contributed by atoms with Crippen molar-refractivity contribution in [2.45, 2.75) is 50.3 Å². The Kier molecular flexibility index (Phi) is 8.15. The number of amides is 1. The summed E-state index contributed by atoms with van der Waals surface area (Å²) in [6.45, 7) is 2.87. The third-order valence-electron chi connectivity index (χ3n) is 5.76. The van der Waals surface area contributed by atoms with Crippen molar-refractivity contribution in [3.8, 4) is 11.5 Å². The number of benzene rings is 2. The maximum atomic E-state index is 13.2. The van der Waals surface area contributed by atoms with Crippen LogP contribution in [0.1, 0.15) is 43.2 Å². The Hall–Kier alpha value is -2.58. The van der Waals surface area contributed by atoms with Crippen LogP contribution in [0.3, 0.4) is 0 Å². The molecular formula is C24H32N2O5S. The molecule has 0 aliphatic carbocycles. The molecule has 0 radical (unpaired) electrons. The number of carbonyl (C=O) groups excluding carboxylic acids is 1. The molecule has 1 aliphatic heterocycles. The largest absolute Gasteiger partial charge is 0.493 e. The number of nitrogens with zero attached hydrogens (tertiary/aromatic N) is 1. The minimum atomic E-state index is -3.59. The first-order chi connectivity index (χ1) is 15.4. The second-order valence-electron chi connectivity index (χ2n) is 8.00. The Morgan fingerprint density at radius 3 is 2.41 bits per heavy atom. The minimum Gasteiger partial charge on any atom is -0.493 e. The van der Waals surface area contributed by atoms with Crippen LogP contribution in [0.25, 0.3) is 0 Å². The predicted molar refractivity (Wildman–Crippen MR) is 125 cm³/mol. The van der Waals surface area contributed by atoms with Gasteiger partial charge >= 0.3 is 0 Å². The molecule has 0 aromatic heterocycles. The maximum absolute atomic E-state index is 13.2. The molecule has 3 rings (SSSR count). The number of anilines is 1. The summed E-state index contributed by atoms with van der Waals surface area (Å²) in [7, 11) is -0.453. The number of nitrogens with one attached hydrogen (secondary N) is 1. The van der Waals surface area contributed by atoms with Crippen LogP contribution in [0.2, 0.25) is 0 Å². The summed E-state index contributed by atoms with van der Waals surface area (Å²) in [6.07, 6.45) is 4.56. The average molecular weight is 461 g/mol. The number of sulfonamides is 1. The molecule has 1 amide bonds. The molecule has 1 heterocycles. The molecule has 32 heavy (non-hydrogen) atoms. The predicted octanol–water partition coefficient (Wildman–Crippen LogP) is 4.15. The van der Waals surface area contributed by atoms with Crippen LogP contribution in [0.5, 0.6) is 11.5 Å². The highest BCUT2D eigenvalue weighted by Gasteiger charge is 2.27. The van der Waals surface area contributed by atoms with Crippen LogP contribution in [0, 0.1) is 6.92 Å². The molecule has 0 spiro atoms. The maximum Gasteiger partial charge on any atom is 0.243 e. The van der Waals surface area contributed by atoms with E-state index in [1.807, 2.05) is 12.1 Å². The van der Waals surface area contributed by atoms with Crippen molar-refractivity contribution in [3.63, 3.8) is 0 Å². The molecule has 174 valence electrons. The van der Waals surface area contributed by atoms with Crippen molar-refractivity contribution in [1.82, 2.24) is 4.31 Å². The second-order valence-corrected chi connectivity index (χ2v) is 9.91. The Labute approximate surface area is 190 Å². The quantitative estimate of drug-likeness (QED) is 0.640. The lowest BCUT2D eigenvalue weighted by Crippen LogP contribution is -2.32. The van der Waals surface area contributed by atoms with E-state index in [9.17, 15) is 13.2 Å². The lowest BCUT2D eigenvalue weighted by molar-refractivity contribution is -0.116. The van der Waals surface area contributed by atoms with Gasteiger partial charge in [0.15, 0.2) is 11.5 Å². The molecule has 0 atom stereocenters. The zero-order valence-electron chi connectivity index (χ0n) is 19.0. The van der Waals surface area contributed by atoms with Crippen LogP contribution in [-0.2, 0) is 21.2 Å². The topological polar surface area (TPSA) is 84.9 Å². The molecule has 0 saturated carbocycles. The van der Waals surface area contributed by atoms with Crippen LogP contribution in [-0.4, -0.2) is 45.9 Å². The number of hydrogen-bond donors (Lipinski definition) is 1. The first-order valence-electron chi connectivity index (χ1n) is 11.0. The van der Waals surface area contributed by atoms with E-state index >= 15 is 0 Å². The summed E-state index contributed by atoms with van der Waals surface area (Å²) < 4.78 is 38.8. The van der Waals surface area contributed by atoms with E-state index in [0.29, 0.717) is 42.3 Å². The van der Waals surface area contributed by atoms with E-state index in [1.165, 1.54) is 0 Å². The van der Waals surface area contributed by atoms with E-state index in [4.69, 9.17) is 9.47 Å². The summed E-state index contributed by atoms with van der Waals surface area (Å²) in [5, 5.41) is 2.84. The van der Waals surface area contributed by atoms with Crippen LogP contribution in [0.4, 0.5) is 5.69 Å². The molecule has 1 aliphatic rings. The lowest BCUT2D eigenvalue weighted by atomic mass is 10.1. The molecular weight excluding hydrogens is 428 g/mol. The molecule has 2 aromatic carbocycles. The van der Waals surface area contributed by atoms with E-state index in [-0.39, 0.29) is 17.2 Å². The SMILES string of the molecule is COc1cccc(CCC(=O)Nc2ccc(C)c(S(=O)(=O)N3CCCCCC3)c2)c1OC. The number of ether oxygens (including phenoxy) is 2. The van der Waals surface area contributed by atoms with Gasteiger partial charge in [-0.25, -0.2) is 8.42 Å². The third-order valence-corrected chi connectivity index (χ3v) is 7.80. The van der Waals surface area contributed by atoms with Gasteiger partial charge in [0.25, 0.3) is 0 Å². The van der Waals surface area contributed by atoms with E-state index in [0.717, 1.165) is 31.2 Å². The van der Waals surface area contributed by atoms with Gasteiger partial charge in [-0.1, -0.05) is 31.0 Å². The van der Waals surface area contributed by atoms with E-state index in [2.05, 4.69) is 5.32 Å². The molecule has 0 bridgehead atoms. The zero-order valence-corrected chi connectivity index (χ0v) is 19.8. The third kappa shape index (κ3) is 5.61. The summed E-state index contributed by atoms with van der Waals surface area (Å²) in [5.41, 5.74) is 2.02. The van der Waals surface area contributed by atoms with Crippen LogP contribution < -0.4 is 14.8 Å². The highest BCUT2D eigenvalue weighted by molar-refractivity contribution is 7.89. The molecule has 1 saturated heterocycles. The molecule has 8 heteroatoms. The fourth-order valence-corrected chi connectivity index (χ4v) is 5.77. The molecule has 7 nitrogen and oxygen atoms in total. The van der Waals surface area contributed by atoms with Gasteiger partial charge in [0.1, 0.15) is 0 Å².